The van der Waals surface area contributed by atoms with Crippen LogP contribution in [0.15, 0.2) is 0 Å². The minimum Gasteiger partial charge on any atom is -0.301 e. The summed E-state index contributed by atoms with van der Waals surface area (Å²) in [6.07, 6.45) is 0. The van der Waals surface area contributed by atoms with Crippen LogP contribution in [0.3, 0.4) is 0 Å². The monoisotopic (exact) mass is 116 g/mol. The molecule has 2 radical (unpaired) electrons. The summed E-state index contributed by atoms with van der Waals surface area (Å²) in [7, 11) is 0. The van der Waals surface area contributed by atoms with E-state index < -0.39 is 5.97 Å². The minimum atomic E-state index is -0.690. The summed E-state index contributed by atoms with van der Waals surface area (Å²) in [4.78, 5) is 12.5. The third-order valence-electron chi connectivity index (χ3n) is 0.129. The predicted molar refractivity (Wildman–Crippen MR) is 20.1 cm³/mol. The van der Waals surface area contributed by atoms with Crippen molar-refractivity contribution in [1.29, 1.82) is 0 Å². The van der Waals surface area contributed by atoms with Crippen LogP contribution < -0.4 is 0 Å². The molecule has 0 fully saturated rings. The molecule has 6 heavy (non-hydrogen) atoms. The second kappa shape index (κ2) is 5.69. The number of carbonyl (C=O) groups excluding carboxylic acids is 1. The van der Waals surface area contributed by atoms with Crippen molar-refractivity contribution in [2.24, 2.45) is 0 Å². The van der Waals surface area contributed by atoms with Gasteiger partial charge in [-0.1, -0.05) is 0 Å². The first-order chi connectivity index (χ1) is 2.27. The van der Waals surface area contributed by atoms with E-state index in [0.29, 0.717) is 0 Å². The van der Waals surface area contributed by atoms with Crippen molar-refractivity contribution in [2.45, 2.75) is 6.92 Å². The summed E-state index contributed by atoms with van der Waals surface area (Å²) in [5.74, 6) is -0.690. The molecule has 0 aromatic rings. The molecule has 0 unspecified atom stereocenters. The van der Waals surface area contributed by atoms with Gasteiger partial charge in [0.1, 0.15) is 0 Å². The smallest absolute Gasteiger partial charge is 0.301 e. The molecule has 4 heteroatoms. The topological polar surface area (TPSA) is 46.5 Å². The Balaban J connectivity index is 0. The van der Waals surface area contributed by atoms with Crippen molar-refractivity contribution >= 4 is 43.7 Å². The average molecular weight is 116 g/mol. The van der Waals surface area contributed by atoms with Gasteiger partial charge in [-0.25, -0.2) is 4.79 Å². The second-order valence-electron chi connectivity index (χ2n) is 0.583. The molecule has 32 valence electrons. The zero-order chi connectivity index (χ0) is 4.28. The standard InChI is InChI=1S/C2H4O3.Ca/c1-2(3)5-4;/h4H,1H3;. The van der Waals surface area contributed by atoms with E-state index in [0.717, 1.165) is 6.92 Å². The maximum atomic E-state index is 9.34. The number of hydrogen-bond acceptors (Lipinski definition) is 3. The summed E-state index contributed by atoms with van der Waals surface area (Å²) >= 11 is 0. The van der Waals surface area contributed by atoms with Gasteiger partial charge in [-0.2, -0.15) is 5.26 Å². The molecule has 0 bridgehead atoms. The van der Waals surface area contributed by atoms with Gasteiger partial charge in [-0.15, -0.1) is 0 Å². The van der Waals surface area contributed by atoms with Crippen molar-refractivity contribution in [1.82, 2.24) is 0 Å². The van der Waals surface area contributed by atoms with Crippen LogP contribution in [0.2, 0.25) is 0 Å². The van der Waals surface area contributed by atoms with E-state index in [1.807, 2.05) is 0 Å². The first kappa shape index (κ1) is 9.85. The van der Waals surface area contributed by atoms with Gasteiger partial charge in [0.2, 0.25) is 0 Å². The third-order valence-corrected chi connectivity index (χ3v) is 0.129. The summed E-state index contributed by atoms with van der Waals surface area (Å²) in [5.41, 5.74) is 0. The molecule has 0 atom stereocenters. The Morgan fingerprint density at radius 3 is 2.00 bits per heavy atom. The minimum absolute atomic E-state index is 0. The van der Waals surface area contributed by atoms with Gasteiger partial charge in [0.25, 0.3) is 0 Å². The number of carbonyl (C=O) groups is 1. The Bertz CT molecular complexity index is 44.1. The molecule has 0 saturated carbocycles. The van der Waals surface area contributed by atoms with Crippen LogP contribution >= 0.6 is 0 Å². The van der Waals surface area contributed by atoms with Crippen LogP contribution in [0.4, 0.5) is 0 Å². The fraction of sp³-hybridized carbons (Fsp3) is 0.500. The largest absolute Gasteiger partial charge is 0.339 e. The predicted octanol–water partition coefficient (Wildman–Crippen LogP) is -0.358. The van der Waals surface area contributed by atoms with Crippen LogP contribution in [0.1, 0.15) is 6.92 Å². The SMILES string of the molecule is CC(=O)OO.[Ca]. The molecular weight excluding hydrogens is 112 g/mol. The van der Waals surface area contributed by atoms with Gasteiger partial charge in [-0.3, -0.25) is 0 Å². The fourth-order valence-electron chi connectivity index (χ4n) is 0. The molecule has 0 aromatic heterocycles. The molecule has 0 aliphatic carbocycles. The maximum absolute atomic E-state index is 9.34. The molecule has 0 aliphatic heterocycles. The van der Waals surface area contributed by atoms with Crippen LogP contribution in [0.5, 0.6) is 0 Å². The molecule has 0 spiro atoms. The zero-order valence-electron chi connectivity index (χ0n) is 3.47. The quantitative estimate of drug-likeness (QED) is 0.267. The van der Waals surface area contributed by atoms with Crippen molar-refractivity contribution in [3.8, 4) is 0 Å². The summed E-state index contributed by atoms with van der Waals surface area (Å²) < 4.78 is 0. The van der Waals surface area contributed by atoms with E-state index in [9.17, 15) is 4.79 Å². The van der Waals surface area contributed by atoms with Crippen LogP contribution in [0.25, 0.3) is 0 Å². The van der Waals surface area contributed by atoms with Crippen molar-refractivity contribution in [2.75, 3.05) is 0 Å². The maximum Gasteiger partial charge on any atom is 0.339 e. The van der Waals surface area contributed by atoms with Gasteiger partial charge in [0, 0.05) is 44.7 Å². The van der Waals surface area contributed by atoms with Gasteiger partial charge in [0.05, 0.1) is 0 Å². The summed E-state index contributed by atoms with van der Waals surface area (Å²) in [6, 6.07) is 0. The number of rotatable bonds is 0. The Labute approximate surface area is 65.2 Å². The molecule has 0 aliphatic rings. The number of hydrogen-bond donors (Lipinski definition) is 1. The summed E-state index contributed by atoms with van der Waals surface area (Å²) in [6.45, 7) is 1.11. The molecule has 0 aromatic carbocycles. The van der Waals surface area contributed by atoms with E-state index in [1.165, 1.54) is 0 Å². The van der Waals surface area contributed by atoms with Crippen molar-refractivity contribution in [3.05, 3.63) is 0 Å². The van der Waals surface area contributed by atoms with Crippen molar-refractivity contribution < 1.29 is 14.9 Å². The van der Waals surface area contributed by atoms with E-state index in [4.69, 9.17) is 5.26 Å². The van der Waals surface area contributed by atoms with E-state index >= 15 is 0 Å². The molecule has 3 nitrogen and oxygen atoms in total. The molecule has 0 saturated heterocycles. The van der Waals surface area contributed by atoms with E-state index in [-0.39, 0.29) is 37.7 Å². The van der Waals surface area contributed by atoms with Crippen LogP contribution in [-0.4, -0.2) is 49.0 Å². The van der Waals surface area contributed by atoms with E-state index in [1.54, 1.807) is 0 Å². The molecule has 0 heterocycles. The third kappa shape index (κ3) is 8.83. The van der Waals surface area contributed by atoms with Gasteiger partial charge >= 0.3 is 5.97 Å². The molecule has 0 rings (SSSR count). The van der Waals surface area contributed by atoms with Gasteiger partial charge in [-0.05, 0) is 0 Å². The molecular formula is C2H4CaO3. The second-order valence-corrected chi connectivity index (χ2v) is 0.583. The van der Waals surface area contributed by atoms with E-state index in [2.05, 4.69) is 4.89 Å². The van der Waals surface area contributed by atoms with Crippen LogP contribution in [0, 0.1) is 0 Å². The Kier molecular flexibility index (Phi) is 9.34. The Hall–Kier alpha value is 0.690. The first-order valence-electron chi connectivity index (χ1n) is 1.09. The van der Waals surface area contributed by atoms with Crippen molar-refractivity contribution in [3.63, 3.8) is 0 Å². The van der Waals surface area contributed by atoms with Gasteiger partial charge < -0.3 is 4.89 Å². The fourth-order valence-corrected chi connectivity index (χ4v) is 0. The average Bonchev–Trinajstić information content (AvgIpc) is 1.38. The molecule has 1 N–H and O–H groups in total. The Morgan fingerprint density at radius 1 is 1.83 bits per heavy atom. The molecule has 0 amide bonds. The van der Waals surface area contributed by atoms with Crippen LogP contribution in [-0.2, 0) is 9.68 Å². The zero-order valence-corrected chi connectivity index (χ0v) is 5.68. The van der Waals surface area contributed by atoms with Gasteiger partial charge in [0.15, 0.2) is 0 Å². The Morgan fingerprint density at radius 2 is 2.00 bits per heavy atom. The summed E-state index contributed by atoms with van der Waals surface area (Å²) in [5, 5.41) is 7.29. The first-order valence-corrected chi connectivity index (χ1v) is 1.09. The normalized spacial score (nSPS) is 5.67.